The van der Waals surface area contributed by atoms with Gasteiger partial charge in [0, 0.05) is 19.1 Å². The van der Waals surface area contributed by atoms with Crippen molar-refractivity contribution in [2.24, 2.45) is 41.4 Å². The molecular weight excluding hydrogens is 452 g/mol. The first-order valence-electron chi connectivity index (χ1n) is 15.4. The second-order valence-corrected chi connectivity index (χ2v) is 13.1. The molecule has 0 amide bonds. The van der Waals surface area contributed by atoms with Gasteiger partial charge in [-0.25, -0.2) is 0 Å². The number of hydrogen-bond donors (Lipinski definition) is 0. The van der Waals surface area contributed by atoms with Crippen LogP contribution in [-0.2, 0) is 9.47 Å². The van der Waals surface area contributed by atoms with Gasteiger partial charge in [-0.15, -0.1) is 11.6 Å². The van der Waals surface area contributed by atoms with Crippen molar-refractivity contribution < 1.29 is 9.47 Å². The zero-order valence-electron chi connectivity index (χ0n) is 25.3. The summed E-state index contributed by atoms with van der Waals surface area (Å²) in [7, 11) is 0. The predicted octanol–water partition coefficient (Wildman–Crippen LogP) is 10.8. The van der Waals surface area contributed by atoms with Crippen LogP contribution in [-0.4, -0.2) is 25.9 Å². The molecule has 0 spiro atoms. The molecule has 212 valence electrons. The molecule has 0 aliphatic heterocycles. The van der Waals surface area contributed by atoms with Gasteiger partial charge in [-0.1, -0.05) is 68.2 Å². The second-order valence-electron chi connectivity index (χ2n) is 12.8. The Morgan fingerprint density at radius 1 is 0.486 bits per heavy atom. The molecule has 0 aliphatic carbocycles. The fraction of sp³-hybridized carbons (Fsp3) is 1.00. The quantitative estimate of drug-likeness (QED) is 0.0681. The number of halogens is 1. The summed E-state index contributed by atoms with van der Waals surface area (Å²) in [5, 5.41) is 0. The zero-order valence-corrected chi connectivity index (χ0v) is 26.0. The highest BCUT2D eigenvalue weighted by molar-refractivity contribution is 6.17. The highest BCUT2D eigenvalue weighted by atomic mass is 35.5. The van der Waals surface area contributed by atoms with E-state index < -0.39 is 0 Å². The van der Waals surface area contributed by atoms with Crippen molar-refractivity contribution in [1.82, 2.24) is 0 Å². The van der Waals surface area contributed by atoms with Gasteiger partial charge in [0.25, 0.3) is 0 Å². The minimum atomic E-state index is 0.468. The van der Waals surface area contributed by atoms with Gasteiger partial charge in [0.2, 0.25) is 0 Å². The summed E-state index contributed by atoms with van der Waals surface area (Å²) < 4.78 is 11.2. The van der Waals surface area contributed by atoms with Crippen molar-refractivity contribution >= 4 is 11.6 Å². The Morgan fingerprint density at radius 2 is 0.857 bits per heavy atom. The highest BCUT2D eigenvalue weighted by Gasteiger charge is 2.18. The number of hydrogen-bond acceptors (Lipinski definition) is 2. The lowest BCUT2D eigenvalue weighted by Gasteiger charge is -2.26. The average molecular weight is 517 g/mol. The van der Waals surface area contributed by atoms with Gasteiger partial charge in [-0.3, -0.25) is 0 Å². The third-order valence-electron chi connectivity index (χ3n) is 7.70. The normalized spacial score (nSPS) is 18.1. The van der Waals surface area contributed by atoms with E-state index >= 15 is 0 Å². The van der Waals surface area contributed by atoms with Crippen molar-refractivity contribution in [3.8, 4) is 0 Å². The molecule has 3 heteroatoms. The molecule has 0 aromatic carbocycles. The van der Waals surface area contributed by atoms with Crippen LogP contribution in [0.2, 0.25) is 0 Å². The SMILES string of the molecule is CCCCCOCOCCCC(C)CC(C)CC(C)CC(C)CC(C)CC(C)CC(C)CCCCl. The fourth-order valence-electron chi connectivity index (χ4n) is 6.43. The third-order valence-corrected chi connectivity index (χ3v) is 7.97. The highest BCUT2D eigenvalue weighted by Crippen LogP contribution is 2.30. The molecule has 0 aromatic heterocycles. The molecule has 0 fully saturated rings. The summed E-state index contributed by atoms with van der Waals surface area (Å²) >= 11 is 5.86. The molecule has 0 heterocycles. The molecule has 0 rings (SSSR count). The molecule has 0 saturated heterocycles. The van der Waals surface area contributed by atoms with Gasteiger partial charge >= 0.3 is 0 Å². The van der Waals surface area contributed by atoms with E-state index in [1.165, 1.54) is 70.6 Å². The lowest BCUT2D eigenvalue weighted by molar-refractivity contribution is -0.0561. The first-order chi connectivity index (χ1) is 16.7. The zero-order chi connectivity index (χ0) is 26.5. The average Bonchev–Trinajstić information content (AvgIpc) is 2.75. The van der Waals surface area contributed by atoms with Crippen LogP contribution in [0.25, 0.3) is 0 Å². The van der Waals surface area contributed by atoms with Gasteiger partial charge in [-0.2, -0.15) is 0 Å². The lowest BCUT2D eigenvalue weighted by Crippen LogP contribution is -2.14. The van der Waals surface area contributed by atoms with Crippen LogP contribution >= 0.6 is 11.6 Å². The molecule has 7 atom stereocenters. The van der Waals surface area contributed by atoms with Crippen LogP contribution in [0.1, 0.15) is 139 Å². The van der Waals surface area contributed by atoms with Gasteiger partial charge in [0.15, 0.2) is 0 Å². The van der Waals surface area contributed by atoms with E-state index in [2.05, 4.69) is 55.4 Å². The van der Waals surface area contributed by atoms with Crippen molar-refractivity contribution in [2.75, 3.05) is 25.9 Å². The summed E-state index contributed by atoms with van der Waals surface area (Å²) in [4.78, 5) is 0. The van der Waals surface area contributed by atoms with Crippen LogP contribution < -0.4 is 0 Å². The Labute approximate surface area is 227 Å². The topological polar surface area (TPSA) is 18.5 Å². The number of ether oxygens (including phenoxy) is 2. The van der Waals surface area contributed by atoms with E-state index in [0.29, 0.717) is 6.79 Å². The molecule has 0 radical (unpaired) electrons. The lowest BCUT2D eigenvalue weighted by atomic mass is 9.80. The standard InChI is InChI=1S/C32H65ClO2/c1-9-10-11-17-34-25-35-18-13-15-27(3)20-29(5)22-31(7)24-32(8)23-30(6)21-28(4)19-26(2)14-12-16-33/h26-32H,9-25H2,1-8H3. The largest absolute Gasteiger partial charge is 0.355 e. The minimum Gasteiger partial charge on any atom is -0.355 e. The Bertz CT molecular complexity index is 443. The van der Waals surface area contributed by atoms with Crippen LogP contribution in [0.5, 0.6) is 0 Å². The second kappa shape index (κ2) is 23.3. The Morgan fingerprint density at radius 3 is 1.26 bits per heavy atom. The van der Waals surface area contributed by atoms with Gasteiger partial charge in [0.1, 0.15) is 6.79 Å². The van der Waals surface area contributed by atoms with Crippen LogP contribution in [0, 0.1) is 41.4 Å². The van der Waals surface area contributed by atoms with Crippen molar-refractivity contribution in [3.05, 3.63) is 0 Å². The maximum Gasteiger partial charge on any atom is 0.146 e. The van der Waals surface area contributed by atoms with Crippen molar-refractivity contribution in [1.29, 1.82) is 0 Å². The molecule has 7 unspecified atom stereocenters. The molecule has 0 N–H and O–H groups in total. The first kappa shape index (κ1) is 35.2. The van der Waals surface area contributed by atoms with E-state index in [4.69, 9.17) is 21.1 Å². The van der Waals surface area contributed by atoms with Crippen molar-refractivity contribution in [2.45, 2.75) is 139 Å². The van der Waals surface area contributed by atoms with E-state index in [0.717, 1.165) is 73.4 Å². The van der Waals surface area contributed by atoms with E-state index in [1.807, 2.05) is 0 Å². The first-order valence-corrected chi connectivity index (χ1v) is 15.9. The van der Waals surface area contributed by atoms with Crippen LogP contribution in [0.15, 0.2) is 0 Å². The summed E-state index contributed by atoms with van der Waals surface area (Å²) in [6.45, 7) is 21.6. The molecule has 0 aromatic rings. The number of unbranched alkanes of at least 4 members (excludes halogenated alkanes) is 2. The Hall–Kier alpha value is 0.210. The van der Waals surface area contributed by atoms with Gasteiger partial charge < -0.3 is 9.47 Å². The Kier molecular flexibility index (Phi) is 23.5. The Balaban J connectivity index is 3.91. The summed E-state index contributed by atoms with van der Waals surface area (Å²) in [6, 6.07) is 0. The number of rotatable bonds is 25. The predicted molar refractivity (Wildman–Crippen MR) is 157 cm³/mol. The van der Waals surface area contributed by atoms with Crippen LogP contribution in [0.4, 0.5) is 0 Å². The van der Waals surface area contributed by atoms with E-state index in [9.17, 15) is 0 Å². The van der Waals surface area contributed by atoms with Crippen LogP contribution in [0.3, 0.4) is 0 Å². The smallest absolute Gasteiger partial charge is 0.146 e. The molecule has 0 saturated carbocycles. The van der Waals surface area contributed by atoms with Crippen molar-refractivity contribution in [3.63, 3.8) is 0 Å². The molecular formula is C32H65ClO2. The number of alkyl halides is 1. The fourth-order valence-corrected chi connectivity index (χ4v) is 6.58. The minimum absolute atomic E-state index is 0.468. The van der Waals surface area contributed by atoms with E-state index in [1.54, 1.807) is 0 Å². The summed E-state index contributed by atoms with van der Waals surface area (Å²) in [5.74, 6) is 6.59. The third kappa shape index (κ3) is 23.1. The van der Waals surface area contributed by atoms with Gasteiger partial charge in [0.05, 0.1) is 0 Å². The maximum atomic E-state index is 5.86. The maximum absolute atomic E-state index is 5.86. The molecule has 0 aliphatic rings. The van der Waals surface area contributed by atoms with Gasteiger partial charge in [-0.05, 0) is 112 Å². The molecule has 2 nitrogen and oxygen atoms in total. The van der Waals surface area contributed by atoms with E-state index in [-0.39, 0.29) is 0 Å². The summed E-state index contributed by atoms with van der Waals surface area (Å²) in [6.07, 6.45) is 16.8. The summed E-state index contributed by atoms with van der Waals surface area (Å²) in [5.41, 5.74) is 0. The monoisotopic (exact) mass is 516 g/mol. The molecule has 35 heavy (non-hydrogen) atoms. The molecule has 0 bridgehead atoms.